The second-order valence-electron chi connectivity index (χ2n) is 8.70. The molecular weight excluding hydrogens is 296 g/mol. The summed E-state index contributed by atoms with van der Waals surface area (Å²) in [6.45, 7) is 3.71. The second kappa shape index (κ2) is 6.42. The lowest BCUT2D eigenvalue weighted by Crippen LogP contribution is -2.52. The summed E-state index contributed by atoms with van der Waals surface area (Å²) in [5.41, 5.74) is 3.04. The third-order valence-corrected chi connectivity index (χ3v) is 6.73. The molecule has 4 saturated carbocycles. The molecule has 4 aliphatic rings. The zero-order valence-electron chi connectivity index (χ0n) is 14.8. The molecule has 0 saturated heterocycles. The maximum Gasteiger partial charge on any atom is 0.314 e. The first-order valence-corrected chi connectivity index (χ1v) is 9.68. The maximum absolute atomic E-state index is 12.2. The summed E-state index contributed by atoms with van der Waals surface area (Å²) in [7, 11) is 0. The van der Waals surface area contributed by atoms with Crippen molar-refractivity contribution in [1.82, 2.24) is 10.6 Å². The summed E-state index contributed by atoms with van der Waals surface area (Å²) in [6.07, 6.45) is 9.33. The van der Waals surface area contributed by atoms with E-state index in [-0.39, 0.29) is 6.03 Å². The molecule has 3 heteroatoms. The molecule has 2 N–H and O–H groups in total. The Labute approximate surface area is 145 Å². The number of aryl methyl sites for hydroxylation is 1. The molecule has 4 bridgehead atoms. The monoisotopic (exact) mass is 326 g/mol. The van der Waals surface area contributed by atoms with Crippen LogP contribution >= 0.6 is 0 Å². The minimum absolute atomic E-state index is 0.0133. The average Bonchev–Trinajstić information content (AvgIpc) is 2.54. The lowest BCUT2D eigenvalue weighted by molar-refractivity contribution is -0.0498. The highest BCUT2D eigenvalue weighted by atomic mass is 16.2. The Morgan fingerprint density at radius 1 is 1.04 bits per heavy atom. The van der Waals surface area contributed by atoms with Gasteiger partial charge in [0.2, 0.25) is 0 Å². The molecule has 0 atom stereocenters. The van der Waals surface area contributed by atoms with Gasteiger partial charge in [0.05, 0.1) is 0 Å². The normalized spacial score (nSPS) is 33.5. The highest BCUT2D eigenvalue weighted by Crippen LogP contribution is 2.59. The van der Waals surface area contributed by atoms with Crippen LogP contribution in [0, 0.1) is 30.1 Å². The number of hydrogen-bond acceptors (Lipinski definition) is 1. The van der Waals surface area contributed by atoms with Gasteiger partial charge in [0.25, 0.3) is 0 Å². The Kier molecular flexibility index (Phi) is 4.28. The smallest absolute Gasteiger partial charge is 0.314 e. The zero-order chi connectivity index (χ0) is 16.6. The summed E-state index contributed by atoms with van der Waals surface area (Å²) < 4.78 is 0. The van der Waals surface area contributed by atoms with Crippen LogP contribution in [0.5, 0.6) is 0 Å². The van der Waals surface area contributed by atoms with E-state index in [1.807, 2.05) is 0 Å². The van der Waals surface area contributed by atoms with E-state index in [4.69, 9.17) is 0 Å². The first kappa shape index (κ1) is 16.0. The van der Waals surface area contributed by atoms with Gasteiger partial charge in [-0.1, -0.05) is 24.3 Å². The summed E-state index contributed by atoms with van der Waals surface area (Å²) in [6, 6.07) is 8.41. The molecule has 130 valence electrons. The third kappa shape index (κ3) is 3.31. The number of benzene rings is 1. The Balaban J connectivity index is 1.23. The Morgan fingerprint density at radius 2 is 1.67 bits per heavy atom. The van der Waals surface area contributed by atoms with Gasteiger partial charge in [-0.25, -0.2) is 4.79 Å². The number of carbonyl (C=O) groups excluding carboxylic acids is 1. The molecule has 24 heavy (non-hydrogen) atoms. The zero-order valence-corrected chi connectivity index (χ0v) is 14.8. The molecule has 1 aromatic rings. The topological polar surface area (TPSA) is 41.1 Å². The molecule has 5 rings (SSSR count). The molecule has 0 unspecified atom stereocenters. The van der Waals surface area contributed by atoms with Gasteiger partial charge >= 0.3 is 6.03 Å². The molecule has 4 fully saturated rings. The molecule has 2 amide bonds. The van der Waals surface area contributed by atoms with Crippen LogP contribution in [0.1, 0.15) is 49.7 Å². The molecule has 0 radical (unpaired) electrons. The Morgan fingerprint density at radius 3 is 2.29 bits per heavy atom. The quantitative estimate of drug-likeness (QED) is 0.842. The third-order valence-electron chi connectivity index (χ3n) is 6.73. The second-order valence-corrected chi connectivity index (χ2v) is 8.70. The van der Waals surface area contributed by atoms with Gasteiger partial charge in [0.1, 0.15) is 0 Å². The van der Waals surface area contributed by atoms with Crippen molar-refractivity contribution in [2.75, 3.05) is 13.1 Å². The van der Waals surface area contributed by atoms with Crippen LogP contribution in [0.4, 0.5) is 4.79 Å². The van der Waals surface area contributed by atoms with Crippen LogP contribution in [-0.4, -0.2) is 19.1 Å². The summed E-state index contributed by atoms with van der Waals surface area (Å²) in [5, 5.41) is 6.23. The van der Waals surface area contributed by atoms with Crippen LogP contribution in [0.25, 0.3) is 0 Å². The van der Waals surface area contributed by atoms with Crippen molar-refractivity contribution in [3.05, 3.63) is 35.4 Å². The van der Waals surface area contributed by atoms with Gasteiger partial charge in [0.15, 0.2) is 0 Å². The van der Waals surface area contributed by atoms with Crippen molar-refractivity contribution in [2.45, 2.75) is 51.9 Å². The van der Waals surface area contributed by atoms with Crippen molar-refractivity contribution >= 4 is 6.03 Å². The van der Waals surface area contributed by atoms with E-state index in [1.165, 1.54) is 49.7 Å². The summed E-state index contributed by atoms with van der Waals surface area (Å²) in [4.78, 5) is 12.2. The molecule has 0 aliphatic heterocycles. The molecule has 4 aliphatic carbocycles. The summed E-state index contributed by atoms with van der Waals surface area (Å²) in [5.74, 6) is 2.84. The highest BCUT2D eigenvalue weighted by molar-refractivity contribution is 5.73. The fourth-order valence-electron chi connectivity index (χ4n) is 6.04. The van der Waals surface area contributed by atoms with E-state index in [0.29, 0.717) is 12.0 Å². The number of urea groups is 1. The Bertz CT molecular complexity index is 574. The van der Waals surface area contributed by atoms with Crippen LogP contribution in [0.2, 0.25) is 0 Å². The fourth-order valence-corrected chi connectivity index (χ4v) is 6.04. The fraction of sp³-hybridized carbons (Fsp3) is 0.667. The summed E-state index contributed by atoms with van der Waals surface area (Å²) >= 11 is 0. The van der Waals surface area contributed by atoms with Crippen LogP contribution in [0.15, 0.2) is 24.3 Å². The van der Waals surface area contributed by atoms with Gasteiger partial charge in [-0.05, 0) is 86.2 Å². The van der Waals surface area contributed by atoms with Gasteiger partial charge < -0.3 is 10.6 Å². The predicted molar refractivity (Wildman–Crippen MR) is 96.9 cm³/mol. The van der Waals surface area contributed by atoms with E-state index in [2.05, 4.69) is 41.8 Å². The standard InChI is InChI=1S/C21H30N2O/c1-15-4-2-3-5-19(15)6-7-22-20(24)23-14-21-11-16-8-17(12-21)10-18(9-16)13-21/h2-5,16-18H,6-14H2,1H3,(H2,22,23,24). The molecule has 0 spiro atoms. The number of amides is 2. The Hall–Kier alpha value is -1.51. The average molecular weight is 326 g/mol. The van der Waals surface area contributed by atoms with Crippen LogP contribution in [-0.2, 0) is 6.42 Å². The van der Waals surface area contributed by atoms with Crippen molar-refractivity contribution in [1.29, 1.82) is 0 Å². The van der Waals surface area contributed by atoms with E-state index in [9.17, 15) is 4.79 Å². The maximum atomic E-state index is 12.2. The lowest BCUT2D eigenvalue weighted by atomic mass is 9.49. The van der Waals surface area contributed by atoms with Gasteiger partial charge in [0, 0.05) is 13.1 Å². The molecule has 0 heterocycles. The largest absolute Gasteiger partial charge is 0.338 e. The van der Waals surface area contributed by atoms with Gasteiger partial charge in [-0.3, -0.25) is 0 Å². The SMILES string of the molecule is Cc1ccccc1CCNC(=O)NCC12CC3CC(CC(C3)C1)C2. The van der Waals surface area contributed by atoms with E-state index in [0.717, 1.165) is 30.7 Å². The van der Waals surface area contributed by atoms with Gasteiger partial charge in [-0.2, -0.15) is 0 Å². The van der Waals surface area contributed by atoms with Crippen molar-refractivity contribution in [3.63, 3.8) is 0 Å². The number of hydrogen-bond donors (Lipinski definition) is 2. The van der Waals surface area contributed by atoms with Gasteiger partial charge in [-0.15, -0.1) is 0 Å². The first-order chi connectivity index (χ1) is 11.6. The minimum atomic E-state index is 0.0133. The van der Waals surface area contributed by atoms with Crippen molar-refractivity contribution in [2.24, 2.45) is 23.2 Å². The lowest BCUT2D eigenvalue weighted by Gasteiger charge is -2.56. The van der Waals surface area contributed by atoms with Crippen LogP contribution < -0.4 is 10.6 Å². The van der Waals surface area contributed by atoms with E-state index < -0.39 is 0 Å². The molecule has 1 aromatic carbocycles. The van der Waals surface area contributed by atoms with Crippen LogP contribution in [0.3, 0.4) is 0 Å². The number of carbonyl (C=O) groups is 1. The van der Waals surface area contributed by atoms with Crippen molar-refractivity contribution in [3.8, 4) is 0 Å². The molecular formula is C21H30N2O. The minimum Gasteiger partial charge on any atom is -0.338 e. The number of nitrogens with one attached hydrogen (secondary N) is 2. The van der Waals surface area contributed by atoms with E-state index >= 15 is 0 Å². The molecule has 0 aromatic heterocycles. The van der Waals surface area contributed by atoms with Crippen molar-refractivity contribution < 1.29 is 4.79 Å². The number of rotatable bonds is 5. The van der Waals surface area contributed by atoms with E-state index in [1.54, 1.807) is 0 Å². The molecule has 3 nitrogen and oxygen atoms in total. The predicted octanol–water partition coefficient (Wildman–Crippen LogP) is 4.05. The highest BCUT2D eigenvalue weighted by Gasteiger charge is 2.50. The first-order valence-electron chi connectivity index (χ1n) is 9.68.